The monoisotopic (exact) mass is 504 g/mol. The van der Waals surface area contributed by atoms with Crippen LogP contribution in [0, 0.1) is 0 Å². The summed E-state index contributed by atoms with van der Waals surface area (Å²) < 4.78 is 18.4. The van der Waals surface area contributed by atoms with Crippen LogP contribution in [0.2, 0.25) is 0 Å². The van der Waals surface area contributed by atoms with Gasteiger partial charge in [-0.3, -0.25) is 9.59 Å². The number of rotatable bonds is 8. The maximum Gasteiger partial charge on any atom is 0.338 e. The van der Waals surface area contributed by atoms with Gasteiger partial charge in [-0.05, 0) is 56.3 Å². The Morgan fingerprint density at radius 1 is 0.889 bits per heavy atom. The van der Waals surface area contributed by atoms with Crippen molar-refractivity contribution >= 4 is 39.4 Å². The molecule has 0 saturated carbocycles. The number of amides is 1. The lowest BCUT2D eigenvalue weighted by Crippen LogP contribution is -2.23. The minimum absolute atomic E-state index is 0.138. The molecule has 4 rings (SSSR count). The Hall–Kier alpha value is -4.24. The Bertz CT molecular complexity index is 1470. The second-order valence-electron chi connectivity index (χ2n) is 7.51. The number of ether oxygens (including phenoxy) is 3. The van der Waals surface area contributed by atoms with E-state index >= 15 is 0 Å². The molecule has 0 N–H and O–H groups in total. The van der Waals surface area contributed by atoms with E-state index in [4.69, 9.17) is 14.2 Å². The van der Waals surface area contributed by atoms with Crippen molar-refractivity contribution < 1.29 is 28.6 Å². The van der Waals surface area contributed by atoms with E-state index in [0.717, 1.165) is 0 Å². The van der Waals surface area contributed by atoms with Gasteiger partial charge in [0.2, 0.25) is 0 Å². The highest BCUT2D eigenvalue weighted by atomic mass is 32.1. The van der Waals surface area contributed by atoms with E-state index in [2.05, 4.69) is 4.99 Å². The Morgan fingerprint density at radius 3 is 2.36 bits per heavy atom. The van der Waals surface area contributed by atoms with Gasteiger partial charge < -0.3 is 18.8 Å². The summed E-state index contributed by atoms with van der Waals surface area (Å²) in [6, 6.07) is 20.9. The molecule has 0 aliphatic carbocycles. The maximum atomic E-state index is 13.3. The van der Waals surface area contributed by atoms with Crippen LogP contribution < -0.4 is 9.54 Å². The van der Waals surface area contributed by atoms with E-state index in [0.29, 0.717) is 32.1 Å². The van der Waals surface area contributed by atoms with Gasteiger partial charge in [0, 0.05) is 0 Å². The van der Waals surface area contributed by atoms with Crippen molar-refractivity contribution in [2.75, 3.05) is 13.2 Å². The van der Waals surface area contributed by atoms with E-state index in [-0.39, 0.29) is 25.3 Å². The molecular weight excluding hydrogens is 480 g/mol. The van der Waals surface area contributed by atoms with Crippen LogP contribution in [0.4, 0.5) is 0 Å². The number of thiazole rings is 1. The Morgan fingerprint density at radius 2 is 1.61 bits per heavy atom. The molecule has 0 spiro atoms. The van der Waals surface area contributed by atoms with Gasteiger partial charge in [-0.2, -0.15) is 4.99 Å². The number of hydrogen-bond donors (Lipinski definition) is 0. The Kier molecular flexibility index (Phi) is 7.92. The minimum atomic E-state index is -0.531. The third kappa shape index (κ3) is 5.69. The molecule has 184 valence electrons. The maximum absolute atomic E-state index is 13.3. The van der Waals surface area contributed by atoms with Gasteiger partial charge in [0.1, 0.15) is 18.0 Å². The normalized spacial score (nSPS) is 11.3. The number of hydrogen-bond acceptors (Lipinski definition) is 7. The van der Waals surface area contributed by atoms with Crippen LogP contribution >= 0.6 is 11.3 Å². The van der Waals surface area contributed by atoms with Crippen molar-refractivity contribution in [1.82, 2.24) is 4.57 Å². The van der Waals surface area contributed by atoms with E-state index in [9.17, 15) is 14.4 Å². The number of benzene rings is 3. The molecule has 1 heterocycles. The minimum Gasteiger partial charge on any atom is -0.465 e. The number of esters is 2. The Balaban J connectivity index is 1.77. The smallest absolute Gasteiger partial charge is 0.338 e. The third-order valence-electron chi connectivity index (χ3n) is 5.07. The van der Waals surface area contributed by atoms with Gasteiger partial charge in [0.25, 0.3) is 5.91 Å². The van der Waals surface area contributed by atoms with Crippen LogP contribution in [-0.2, 0) is 20.8 Å². The van der Waals surface area contributed by atoms with Crippen molar-refractivity contribution in [3.8, 4) is 11.5 Å². The molecular formula is C27H24N2O6S. The van der Waals surface area contributed by atoms with Crippen LogP contribution in [0.25, 0.3) is 10.2 Å². The fourth-order valence-corrected chi connectivity index (χ4v) is 4.55. The highest BCUT2D eigenvalue weighted by molar-refractivity contribution is 7.16. The molecule has 0 aliphatic heterocycles. The first-order chi connectivity index (χ1) is 17.5. The molecule has 0 unspecified atom stereocenters. The molecule has 9 heteroatoms. The average molecular weight is 505 g/mol. The van der Waals surface area contributed by atoms with Crippen LogP contribution in [0.15, 0.2) is 77.8 Å². The number of carbonyl (C=O) groups excluding carboxylic acids is 3. The molecule has 0 atom stereocenters. The summed E-state index contributed by atoms with van der Waals surface area (Å²) in [6.07, 6.45) is 0. The second-order valence-corrected chi connectivity index (χ2v) is 8.52. The summed E-state index contributed by atoms with van der Waals surface area (Å²) in [4.78, 5) is 42.4. The van der Waals surface area contributed by atoms with Crippen LogP contribution in [-0.4, -0.2) is 35.6 Å². The summed E-state index contributed by atoms with van der Waals surface area (Å²) in [5, 5.41) is 0. The van der Waals surface area contributed by atoms with Crippen molar-refractivity contribution in [3.63, 3.8) is 0 Å². The number of carbonyl (C=O) groups is 3. The molecule has 0 aliphatic rings. The SMILES string of the molecule is CCOC(=O)Cn1c(=NC(=O)c2ccccc2Oc2ccccc2)sc2cc(C(=O)OCC)ccc21. The number of fused-ring (bicyclic) bond motifs is 1. The molecule has 0 bridgehead atoms. The van der Waals surface area contributed by atoms with Gasteiger partial charge in [-0.1, -0.05) is 41.7 Å². The zero-order chi connectivity index (χ0) is 25.5. The first kappa shape index (κ1) is 24.9. The van der Waals surface area contributed by atoms with E-state index in [1.807, 2.05) is 18.2 Å². The summed E-state index contributed by atoms with van der Waals surface area (Å²) in [7, 11) is 0. The summed E-state index contributed by atoms with van der Waals surface area (Å²) in [6.45, 7) is 3.80. The lowest BCUT2D eigenvalue weighted by atomic mass is 10.2. The quantitative estimate of drug-likeness (QED) is 0.314. The standard InChI is InChI=1S/C27H24N2O6S/c1-3-33-24(30)17-29-21-15-14-18(26(32)34-4-2)16-23(21)36-27(29)28-25(31)20-12-8-9-13-22(20)35-19-10-6-5-7-11-19/h5-16H,3-4,17H2,1-2H3. The molecule has 0 fully saturated rings. The molecule has 4 aromatic rings. The van der Waals surface area contributed by atoms with Crippen molar-refractivity contribution in [2.45, 2.75) is 20.4 Å². The van der Waals surface area contributed by atoms with E-state index < -0.39 is 17.8 Å². The predicted octanol–water partition coefficient (Wildman–Crippen LogP) is 4.98. The van der Waals surface area contributed by atoms with Crippen LogP contribution in [0.3, 0.4) is 0 Å². The summed E-state index contributed by atoms with van der Waals surface area (Å²) in [5.74, 6) is -0.500. The van der Waals surface area contributed by atoms with Crippen molar-refractivity contribution in [3.05, 3.63) is 88.7 Å². The van der Waals surface area contributed by atoms with Gasteiger partial charge in [-0.25, -0.2) is 4.79 Å². The number of aromatic nitrogens is 1. The molecule has 3 aromatic carbocycles. The Labute approximate surface area is 211 Å². The fraction of sp³-hybridized carbons (Fsp3) is 0.185. The van der Waals surface area contributed by atoms with Gasteiger partial charge in [0.15, 0.2) is 4.80 Å². The average Bonchev–Trinajstić information content (AvgIpc) is 3.21. The second kappa shape index (κ2) is 11.5. The number of nitrogens with zero attached hydrogens (tertiary/aromatic N) is 2. The highest BCUT2D eigenvalue weighted by Crippen LogP contribution is 2.26. The molecule has 36 heavy (non-hydrogen) atoms. The molecule has 1 aromatic heterocycles. The third-order valence-corrected chi connectivity index (χ3v) is 6.11. The first-order valence-corrected chi connectivity index (χ1v) is 12.2. The van der Waals surface area contributed by atoms with E-state index in [1.165, 1.54) is 11.3 Å². The lowest BCUT2D eigenvalue weighted by molar-refractivity contribution is -0.143. The topological polar surface area (TPSA) is 96.2 Å². The van der Waals surface area contributed by atoms with E-state index in [1.54, 1.807) is 73.0 Å². The number of para-hydroxylation sites is 2. The van der Waals surface area contributed by atoms with Crippen molar-refractivity contribution in [2.24, 2.45) is 4.99 Å². The van der Waals surface area contributed by atoms with Gasteiger partial charge in [0.05, 0.1) is 34.6 Å². The summed E-state index contributed by atoms with van der Waals surface area (Å²) >= 11 is 1.19. The predicted molar refractivity (Wildman–Crippen MR) is 135 cm³/mol. The molecule has 8 nitrogen and oxygen atoms in total. The summed E-state index contributed by atoms with van der Waals surface area (Å²) in [5.41, 5.74) is 1.28. The van der Waals surface area contributed by atoms with Gasteiger partial charge >= 0.3 is 11.9 Å². The van der Waals surface area contributed by atoms with Crippen LogP contribution in [0.1, 0.15) is 34.6 Å². The largest absolute Gasteiger partial charge is 0.465 e. The zero-order valence-corrected chi connectivity index (χ0v) is 20.6. The fourth-order valence-electron chi connectivity index (χ4n) is 3.48. The van der Waals surface area contributed by atoms with Crippen molar-refractivity contribution in [1.29, 1.82) is 0 Å². The zero-order valence-electron chi connectivity index (χ0n) is 19.8. The molecule has 0 radical (unpaired) electrons. The van der Waals surface area contributed by atoms with Crippen LogP contribution in [0.5, 0.6) is 11.5 Å². The molecule has 1 amide bonds. The first-order valence-electron chi connectivity index (χ1n) is 11.4. The van der Waals surface area contributed by atoms with Gasteiger partial charge in [-0.15, -0.1) is 0 Å². The highest BCUT2D eigenvalue weighted by Gasteiger charge is 2.17. The lowest BCUT2D eigenvalue weighted by Gasteiger charge is -2.09. The molecule has 0 saturated heterocycles.